The van der Waals surface area contributed by atoms with Crippen molar-refractivity contribution in [2.45, 2.75) is 24.5 Å². The molecule has 2 heterocycles. The van der Waals surface area contributed by atoms with E-state index in [2.05, 4.69) is 4.98 Å². The van der Waals surface area contributed by atoms with Crippen molar-refractivity contribution in [1.82, 2.24) is 9.55 Å². The van der Waals surface area contributed by atoms with Gasteiger partial charge in [0.1, 0.15) is 9.96 Å². The van der Waals surface area contributed by atoms with Gasteiger partial charge in [-0.2, -0.15) is 0 Å². The molecule has 0 fully saturated rings. The molecule has 4 aromatic rings. The van der Waals surface area contributed by atoms with Gasteiger partial charge in [-0.3, -0.25) is 9.59 Å². The maximum absolute atomic E-state index is 13.0. The fourth-order valence-electron chi connectivity index (χ4n) is 3.66. The number of H-pyrrole nitrogens is 1. The summed E-state index contributed by atoms with van der Waals surface area (Å²) >= 11 is 6.71. The molecule has 0 aliphatic carbocycles. The second-order valence-corrected chi connectivity index (χ2v) is 11.7. The van der Waals surface area contributed by atoms with Gasteiger partial charge in [0.25, 0.3) is 5.56 Å². The highest BCUT2D eigenvalue weighted by molar-refractivity contribution is 7.94. The number of nitrogens with one attached hydrogen (secondary N) is 1. The number of rotatable bonds is 6. The van der Waals surface area contributed by atoms with Gasteiger partial charge in [0.05, 0.1) is 20.9 Å². The Balaban J connectivity index is 1.62. The van der Waals surface area contributed by atoms with Gasteiger partial charge in [-0.15, -0.1) is 11.3 Å². The van der Waals surface area contributed by atoms with Gasteiger partial charge in [0.2, 0.25) is 0 Å². The number of benzene rings is 2. The predicted octanol–water partition coefficient (Wildman–Crippen LogP) is 3.60. The van der Waals surface area contributed by atoms with Crippen LogP contribution in [0.1, 0.15) is 16.7 Å². The first-order valence-electron chi connectivity index (χ1n) is 9.90. The number of thiophene rings is 1. The van der Waals surface area contributed by atoms with E-state index in [9.17, 15) is 22.8 Å². The lowest BCUT2D eigenvalue weighted by Gasteiger charge is -2.11. The third kappa shape index (κ3) is 4.71. The van der Waals surface area contributed by atoms with E-state index in [1.165, 1.54) is 12.1 Å². The zero-order valence-electron chi connectivity index (χ0n) is 17.7. The summed E-state index contributed by atoms with van der Waals surface area (Å²) in [7, 11) is -3.76. The molecule has 2 aromatic carbocycles. The summed E-state index contributed by atoms with van der Waals surface area (Å²) in [5, 5.41) is 0.387. The molecule has 0 aliphatic heterocycles. The van der Waals surface area contributed by atoms with Crippen molar-refractivity contribution in [3.63, 3.8) is 0 Å². The SMILES string of the molecule is Cc1ccc2c(=O)n(-c3ccc(CC(=O)CS(=O)(=O)c4ccc(Cl)s4)cc3C)c(=O)[nH]c2c1. The van der Waals surface area contributed by atoms with Crippen molar-refractivity contribution in [3.05, 3.63) is 90.4 Å². The minimum Gasteiger partial charge on any atom is -0.306 e. The lowest BCUT2D eigenvalue weighted by atomic mass is 10.1. The number of aromatic nitrogens is 2. The van der Waals surface area contributed by atoms with Crippen LogP contribution in [-0.4, -0.2) is 29.5 Å². The minimum absolute atomic E-state index is 0.0532. The number of Topliss-reactive ketones (excluding diaryl/α,β-unsaturated/α-hetero) is 1. The van der Waals surface area contributed by atoms with Gasteiger partial charge in [-0.1, -0.05) is 29.8 Å². The Morgan fingerprint density at radius 3 is 2.48 bits per heavy atom. The molecular formula is C23H19ClN2O5S2. The van der Waals surface area contributed by atoms with Crippen LogP contribution in [0.2, 0.25) is 4.34 Å². The molecule has 33 heavy (non-hydrogen) atoms. The van der Waals surface area contributed by atoms with Gasteiger partial charge < -0.3 is 4.98 Å². The molecule has 0 unspecified atom stereocenters. The highest BCUT2D eigenvalue weighted by Crippen LogP contribution is 2.26. The number of carbonyl (C=O) groups excluding carboxylic acids is 1. The van der Waals surface area contributed by atoms with Crippen LogP contribution in [-0.2, 0) is 21.1 Å². The van der Waals surface area contributed by atoms with Crippen molar-refractivity contribution < 1.29 is 13.2 Å². The molecule has 170 valence electrons. The van der Waals surface area contributed by atoms with E-state index in [1.54, 1.807) is 43.3 Å². The summed E-state index contributed by atoms with van der Waals surface area (Å²) in [6, 6.07) is 12.9. The first kappa shape index (κ1) is 23.2. The van der Waals surface area contributed by atoms with E-state index in [1.807, 2.05) is 6.92 Å². The van der Waals surface area contributed by atoms with Crippen LogP contribution >= 0.6 is 22.9 Å². The van der Waals surface area contributed by atoms with Gasteiger partial charge in [0, 0.05) is 6.42 Å². The zero-order chi connectivity index (χ0) is 23.9. The van der Waals surface area contributed by atoms with Crippen LogP contribution in [0.3, 0.4) is 0 Å². The average molecular weight is 503 g/mol. The van der Waals surface area contributed by atoms with Crippen molar-refractivity contribution in [3.8, 4) is 5.69 Å². The monoisotopic (exact) mass is 502 g/mol. The molecule has 10 heteroatoms. The summed E-state index contributed by atoms with van der Waals surface area (Å²) in [5.74, 6) is -1.10. The Hall–Kier alpha value is -3.01. The Morgan fingerprint density at radius 1 is 1.06 bits per heavy atom. The molecule has 4 rings (SSSR count). The van der Waals surface area contributed by atoms with Gasteiger partial charge >= 0.3 is 5.69 Å². The molecule has 0 atom stereocenters. The third-order valence-electron chi connectivity index (χ3n) is 5.16. The van der Waals surface area contributed by atoms with Crippen molar-refractivity contribution in [2.75, 3.05) is 5.75 Å². The molecule has 7 nitrogen and oxygen atoms in total. The second-order valence-electron chi connectivity index (χ2n) is 7.77. The topological polar surface area (TPSA) is 106 Å². The molecule has 0 bridgehead atoms. The normalized spacial score (nSPS) is 11.7. The Morgan fingerprint density at radius 2 is 1.82 bits per heavy atom. The molecular weight excluding hydrogens is 484 g/mol. The molecule has 0 spiro atoms. The highest BCUT2D eigenvalue weighted by atomic mass is 35.5. The number of halogens is 1. The van der Waals surface area contributed by atoms with E-state index in [0.717, 1.165) is 21.5 Å². The van der Waals surface area contributed by atoms with E-state index in [4.69, 9.17) is 11.6 Å². The van der Waals surface area contributed by atoms with E-state index >= 15 is 0 Å². The number of hydrogen-bond donors (Lipinski definition) is 1. The lowest BCUT2D eigenvalue weighted by Crippen LogP contribution is -2.34. The summed E-state index contributed by atoms with van der Waals surface area (Å²) in [4.78, 5) is 40.8. The van der Waals surface area contributed by atoms with Crippen LogP contribution in [0.25, 0.3) is 16.6 Å². The number of fused-ring (bicyclic) bond motifs is 1. The minimum atomic E-state index is -3.76. The van der Waals surface area contributed by atoms with Crippen LogP contribution in [0, 0.1) is 13.8 Å². The number of sulfone groups is 1. The largest absolute Gasteiger partial charge is 0.333 e. The second kappa shape index (κ2) is 8.74. The van der Waals surface area contributed by atoms with E-state index < -0.39 is 32.6 Å². The first-order valence-corrected chi connectivity index (χ1v) is 12.8. The molecule has 0 saturated carbocycles. The average Bonchev–Trinajstić information content (AvgIpc) is 3.16. The summed E-state index contributed by atoms with van der Waals surface area (Å²) in [5.41, 5.74) is 1.96. The molecule has 0 radical (unpaired) electrons. The number of carbonyl (C=O) groups is 1. The van der Waals surface area contributed by atoms with Crippen molar-refractivity contribution in [1.29, 1.82) is 0 Å². The maximum atomic E-state index is 13.0. The fourth-order valence-corrected chi connectivity index (χ4v) is 6.47. The highest BCUT2D eigenvalue weighted by Gasteiger charge is 2.22. The zero-order valence-corrected chi connectivity index (χ0v) is 20.1. The molecule has 0 saturated heterocycles. The van der Waals surface area contributed by atoms with E-state index in [0.29, 0.717) is 32.1 Å². The summed E-state index contributed by atoms with van der Waals surface area (Å²) in [6.07, 6.45) is -0.0955. The number of nitrogens with zero attached hydrogens (tertiary/aromatic N) is 1. The number of aromatic amines is 1. The Bertz CT molecular complexity index is 1630. The number of ketones is 1. The van der Waals surface area contributed by atoms with Crippen molar-refractivity contribution >= 4 is 49.5 Å². The van der Waals surface area contributed by atoms with Gasteiger partial charge in [0.15, 0.2) is 15.6 Å². The quantitative estimate of drug-likeness (QED) is 0.433. The predicted molar refractivity (Wildman–Crippen MR) is 130 cm³/mol. The lowest BCUT2D eigenvalue weighted by molar-refractivity contribution is -0.116. The standard InChI is InChI=1S/C23H19ClN2O5S2/c1-13-3-5-17-18(9-13)25-23(29)26(22(17)28)19-6-4-15(10-14(19)2)11-16(27)12-33(30,31)21-8-7-20(24)32-21/h3-10H,11-12H2,1-2H3,(H,25,29). The molecule has 0 aliphatic rings. The van der Waals surface area contributed by atoms with E-state index in [-0.39, 0.29) is 10.6 Å². The van der Waals surface area contributed by atoms with Crippen LogP contribution in [0.5, 0.6) is 0 Å². The summed E-state index contributed by atoms with van der Waals surface area (Å²) < 4.78 is 26.3. The molecule has 2 aromatic heterocycles. The van der Waals surface area contributed by atoms with Crippen molar-refractivity contribution in [2.24, 2.45) is 0 Å². The summed E-state index contributed by atoms with van der Waals surface area (Å²) in [6.45, 7) is 3.59. The van der Waals surface area contributed by atoms with Crippen LogP contribution < -0.4 is 11.2 Å². The Labute approximate surface area is 198 Å². The fraction of sp³-hybridized carbons (Fsp3) is 0.174. The maximum Gasteiger partial charge on any atom is 0.333 e. The van der Waals surface area contributed by atoms with Crippen LogP contribution in [0.15, 0.2) is 62.3 Å². The molecule has 0 amide bonds. The number of aryl methyl sites for hydroxylation is 2. The smallest absolute Gasteiger partial charge is 0.306 e. The third-order valence-corrected chi connectivity index (χ3v) is 8.65. The Kier molecular flexibility index (Phi) is 6.13. The molecule has 1 N–H and O–H groups in total. The van der Waals surface area contributed by atoms with Gasteiger partial charge in [-0.05, 0) is 60.9 Å². The van der Waals surface area contributed by atoms with Gasteiger partial charge in [-0.25, -0.2) is 17.8 Å². The number of hydrogen-bond acceptors (Lipinski definition) is 6. The van der Waals surface area contributed by atoms with Crippen LogP contribution in [0.4, 0.5) is 0 Å². The first-order chi connectivity index (χ1) is 15.5.